The molecule has 1 fully saturated rings. The minimum atomic E-state index is -5.92. The first-order chi connectivity index (χ1) is 9.83. The molecule has 0 aromatic rings. The van der Waals surface area contributed by atoms with Crippen molar-refractivity contribution in [3.8, 4) is 0 Å². The molecule has 0 aromatic heterocycles. The largest absolute Gasteiger partial charge is 0.497 e. The Hall–Kier alpha value is -0.383. The van der Waals surface area contributed by atoms with Crippen LogP contribution in [-0.4, -0.2) is 60.1 Å². The zero-order chi connectivity index (χ0) is 18.5. The van der Waals surface area contributed by atoms with Crippen LogP contribution < -0.4 is 0 Å². The summed E-state index contributed by atoms with van der Waals surface area (Å²) in [6.45, 7) is 1.46. The Balaban J connectivity index is 3.28. The van der Waals surface area contributed by atoms with Gasteiger partial charge in [0, 0.05) is 0 Å². The van der Waals surface area contributed by atoms with Crippen LogP contribution >= 0.6 is 0 Å². The second-order valence-electron chi connectivity index (χ2n) is 5.38. The van der Waals surface area contributed by atoms with Crippen LogP contribution in [0.4, 0.5) is 26.3 Å². The molecule has 23 heavy (non-hydrogen) atoms. The summed E-state index contributed by atoms with van der Waals surface area (Å²) in [5.41, 5.74) is -14.3. The van der Waals surface area contributed by atoms with E-state index in [1.807, 2.05) is 0 Å². The molecule has 1 rings (SSSR count). The molecule has 15 heteroatoms. The lowest BCUT2D eigenvalue weighted by Crippen LogP contribution is -2.52. The quantitative estimate of drug-likeness (QED) is 0.514. The third-order valence-corrected chi connectivity index (χ3v) is 7.74. The van der Waals surface area contributed by atoms with Crippen LogP contribution in [0.1, 0.15) is 0 Å². The van der Waals surface area contributed by atoms with Crippen LogP contribution in [0.25, 0.3) is 0 Å². The third-order valence-electron chi connectivity index (χ3n) is 2.76. The lowest BCUT2D eigenvalue weighted by molar-refractivity contribution is -0.0465. The summed E-state index contributed by atoms with van der Waals surface area (Å²) in [5, 5.41) is 0. The van der Waals surface area contributed by atoms with Gasteiger partial charge in [0.1, 0.15) is 5.60 Å². The highest BCUT2D eigenvalue weighted by atomic mass is 32.2. The van der Waals surface area contributed by atoms with Crippen molar-refractivity contribution in [1.29, 1.82) is 0 Å². The van der Waals surface area contributed by atoms with Crippen molar-refractivity contribution >= 4 is 28.2 Å². The van der Waals surface area contributed by atoms with Crippen LogP contribution in [0, 0.1) is 0 Å². The van der Waals surface area contributed by atoms with Gasteiger partial charge in [0.05, 0.1) is 18.1 Å². The van der Waals surface area contributed by atoms with E-state index in [0.717, 1.165) is 0 Å². The first-order valence-corrected chi connectivity index (χ1v) is 11.9. The van der Waals surface area contributed by atoms with Crippen molar-refractivity contribution in [2.24, 2.45) is 0 Å². The van der Waals surface area contributed by atoms with E-state index in [0.29, 0.717) is 0 Å². The second kappa shape index (κ2) is 5.57. The van der Waals surface area contributed by atoms with Gasteiger partial charge >= 0.3 is 19.6 Å². The van der Waals surface area contributed by atoms with Crippen LogP contribution in [0.2, 0.25) is 13.1 Å². The smallest absolute Gasteiger partial charge is 0.391 e. The summed E-state index contributed by atoms with van der Waals surface area (Å²) < 4.78 is 130. The van der Waals surface area contributed by atoms with Crippen LogP contribution in [0.3, 0.4) is 0 Å². The molecular formula is C8H12F6O6S2Si. The highest BCUT2D eigenvalue weighted by Crippen LogP contribution is 2.37. The van der Waals surface area contributed by atoms with Crippen molar-refractivity contribution in [3.05, 3.63) is 0 Å². The molecule has 0 amide bonds. The Kier molecular flexibility index (Phi) is 5.00. The number of alkyl halides is 6. The number of hydrogen-bond acceptors (Lipinski definition) is 6. The lowest BCUT2D eigenvalue weighted by atomic mass is 10.1. The normalized spacial score (nSPS) is 22.3. The summed E-state index contributed by atoms with van der Waals surface area (Å²) in [4.78, 5) is 0. The van der Waals surface area contributed by atoms with Gasteiger partial charge in [-0.3, -0.25) is 0 Å². The molecular weight excluding hydrogens is 398 g/mol. The van der Waals surface area contributed by atoms with E-state index < -0.39 is 63.0 Å². The molecule has 0 spiro atoms. The average molecular weight is 410 g/mol. The van der Waals surface area contributed by atoms with E-state index >= 15 is 0 Å². The molecule has 0 N–H and O–H groups in total. The molecule has 1 aliphatic rings. The van der Waals surface area contributed by atoms with E-state index in [1.165, 1.54) is 13.1 Å². The van der Waals surface area contributed by atoms with Gasteiger partial charge in [-0.2, -0.15) is 26.3 Å². The summed E-state index contributed by atoms with van der Waals surface area (Å²) in [6.07, 6.45) is 0. The van der Waals surface area contributed by atoms with E-state index in [1.54, 1.807) is 0 Å². The Morgan fingerprint density at radius 1 is 0.913 bits per heavy atom. The molecule has 0 atom stereocenters. The molecule has 0 unspecified atom stereocenters. The van der Waals surface area contributed by atoms with Gasteiger partial charge in [-0.25, -0.2) is 16.8 Å². The summed E-state index contributed by atoms with van der Waals surface area (Å²) in [5.74, 6) is -3.95. The Morgan fingerprint density at radius 2 is 1.26 bits per heavy atom. The van der Waals surface area contributed by atoms with Gasteiger partial charge in [-0.15, -0.1) is 0 Å². The fraction of sp³-hybridized carbons (Fsp3) is 1.00. The summed E-state index contributed by atoms with van der Waals surface area (Å²) in [7, 11) is -15.1. The van der Waals surface area contributed by atoms with E-state index in [4.69, 9.17) is 8.85 Å². The zero-order valence-electron chi connectivity index (χ0n) is 11.7. The Bertz CT molecular complexity index is 618. The molecule has 1 saturated heterocycles. The first kappa shape index (κ1) is 20.7. The molecule has 0 bridgehead atoms. The second-order valence-corrected chi connectivity index (χ2v) is 12.6. The summed E-state index contributed by atoms with van der Waals surface area (Å²) in [6, 6.07) is 0. The number of hydrogen-bond donors (Lipinski definition) is 0. The van der Waals surface area contributed by atoms with E-state index in [2.05, 4.69) is 0 Å². The predicted octanol–water partition coefficient (Wildman–Crippen LogP) is 1.34. The molecule has 0 aliphatic carbocycles. The fourth-order valence-electron chi connectivity index (χ4n) is 1.93. The highest BCUT2D eigenvalue weighted by molar-refractivity contribution is 7.93. The monoisotopic (exact) mass is 410 g/mol. The van der Waals surface area contributed by atoms with Crippen LogP contribution in [-0.2, 0) is 28.5 Å². The van der Waals surface area contributed by atoms with Crippen molar-refractivity contribution in [2.45, 2.75) is 29.7 Å². The Labute approximate surface area is 128 Å². The first-order valence-electron chi connectivity index (χ1n) is 5.75. The van der Waals surface area contributed by atoms with Gasteiger partial charge in [-0.05, 0) is 13.1 Å². The molecule has 6 nitrogen and oxygen atoms in total. The standard InChI is InChI=1S/C8H12F6O6S2Si/c1-23(2)19-3-6(20-23,4-21(15,16)7(9,10)11)5-22(17,18)8(12,13)14/h3-5H2,1-2H3. The van der Waals surface area contributed by atoms with Gasteiger partial charge in [0.2, 0.25) is 0 Å². The predicted molar refractivity (Wildman–Crippen MR) is 66.9 cm³/mol. The zero-order valence-corrected chi connectivity index (χ0v) is 14.3. The van der Waals surface area contributed by atoms with Crippen LogP contribution in [0.15, 0.2) is 0 Å². The minimum absolute atomic E-state index is 1.00. The molecule has 0 aromatic carbocycles. The van der Waals surface area contributed by atoms with Crippen molar-refractivity contribution < 1.29 is 52.0 Å². The van der Waals surface area contributed by atoms with Crippen molar-refractivity contribution in [1.82, 2.24) is 0 Å². The van der Waals surface area contributed by atoms with Gasteiger partial charge < -0.3 is 8.85 Å². The van der Waals surface area contributed by atoms with Gasteiger partial charge in [0.25, 0.3) is 19.7 Å². The highest BCUT2D eigenvalue weighted by Gasteiger charge is 2.60. The van der Waals surface area contributed by atoms with E-state index in [9.17, 15) is 43.2 Å². The Morgan fingerprint density at radius 3 is 1.48 bits per heavy atom. The van der Waals surface area contributed by atoms with Crippen molar-refractivity contribution in [3.63, 3.8) is 0 Å². The minimum Gasteiger partial charge on any atom is -0.391 e. The van der Waals surface area contributed by atoms with Crippen molar-refractivity contribution in [2.75, 3.05) is 18.1 Å². The molecule has 1 aliphatic heterocycles. The lowest BCUT2D eigenvalue weighted by Gasteiger charge is -2.29. The number of sulfone groups is 2. The molecule has 0 radical (unpaired) electrons. The maximum Gasteiger partial charge on any atom is 0.497 e. The molecule has 1 heterocycles. The van der Waals surface area contributed by atoms with Gasteiger partial charge in [-0.1, -0.05) is 0 Å². The summed E-state index contributed by atoms with van der Waals surface area (Å²) >= 11 is 0. The maximum atomic E-state index is 12.5. The van der Waals surface area contributed by atoms with Crippen LogP contribution in [0.5, 0.6) is 0 Å². The maximum absolute atomic E-state index is 12.5. The number of rotatable bonds is 4. The van der Waals surface area contributed by atoms with E-state index in [-0.39, 0.29) is 0 Å². The molecule has 138 valence electrons. The SMILES string of the molecule is C[Si]1(C)OCC(CS(=O)(=O)C(F)(F)F)(CS(=O)(=O)C(F)(F)F)O1. The van der Waals surface area contributed by atoms with Gasteiger partial charge in [0.15, 0.2) is 0 Å². The molecule has 0 saturated carbocycles. The third kappa shape index (κ3) is 4.58. The topological polar surface area (TPSA) is 86.7 Å². The average Bonchev–Trinajstić information content (AvgIpc) is 2.48. The number of halogens is 6. The fourth-order valence-corrected chi connectivity index (χ4v) is 6.38.